The van der Waals surface area contributed by atoms with Crippen LogP contribution in [-0.2, 0) is 19.6 Å². The fourth-order valence-electron chi connectivity index (χ4n) is 2.19. The number of allylic oxidation sites excluding steroid dienone is 1. The number of benzene rings is 2. The summed E-state index contributed by atoms with van der Waals surface area (Å²) in [4.78, 5) is 13.8. The molecule has 0 aromatic heterocycles. The number of carbonyl (C=O) groups excluding carboxylic acids is 1. The molecular formula is C19H22N2O4S. The zero-order chi connectivity index (χ0) is 19.0. The summed E-state index contributed by atoms with van der Waals surface area (Å²) in [6.07, 6.45) is 2.37. The van der Waals surface area contributed by atoms with E-state index in [0.717, 1.165) is 11.1 Å². The molecular weight excluding hydrogens is 352 g/mol. The average Bonchev–Trinajstić information content (AvgIpc) is 2.65. The fraction of sp³-hybridized carbons (Fsp3) is 0.211. The highest BCUT2D eigenvalue weighted by atomic mass is 32.2. The van der Waals surface area contributed by atoms with Crippen molar-refractivity contribution < 1.29 is 17.9 Å². The van der Waals surface area contributed by atoms with Gasteiger partial charge in [-0.1, -0.05) is 54.1 Å². The van der Waals surface area contributed by atoms with Gasteiger partial charge in [-0.2, -0.15) is 0 Å². The van der Waals surface area contributed by atoms with Crippen molar-refractivity contribution in [2.24, 2.45) is 0 Å². The largest absolute Gasteiger partial charge is 0.469 e. The van der Waals surface area contributed by atoms with Crippen LogP contribution < -0.4 is 10.3 Å². The third kappa shape index (κ3) is 5.72. The summed E-state index contributed by atoms with van der Waals surface area (Å²) in [5, 5.41) is 0. The molecule has 2 rings (SSSR count). The number of aryl methyl sites for hydroxylation is 1. The summed E-state index contributed by atoms with van der Waals surface area (Å²) in [7, 11) is -2.39. The van der Waals surface area contributed by atoms with Crippen LogP contribution >= 0.6 is 0 Å². The van der Waals surface area contributed by atoms with Crippen LogP contribution in [0.3, 0.4) is 0 Å². The number of hydrogen-bond donors (Lipinski definition) is 2. The maximum Gasteiger partial charge on any atom is 0.305 e. The van der Waals surface area contributed by atoms with E-state index in [2.05, 4.69) is 15.0 Å². The first-order chi connectivity index (χ1) is 12.4. The van der Waals surface area contributed by atoms with Crippen molar-refractivity contribution in [1.29, 1.82) is 0 Å². The van der Waals surface area contributed by atoms with Gasteiger partial charge in [-0.15, -0.1) is 4.83 Å². The van der Waals surface area contributed by atoms with Crippen LogP contribution in [0, 0.1) is 6.92 Å². The molecule has 0 bridgehead atoms. The molecule has 26 heavy (non-hydrogen) atoms. The van der Waals surface area contributed by atoms with Gasteiger partial charge in [0, 0.05) is 6.42 Å². The van der Waals surface area contributed by atoms with Gasteiger partial charge in [0.05, 0.1) is 17.7 Å². The van der Waals surface area contributed by atoms with Gasteiger partial charge in [-0.3, -0.25) is 4.79 Å². The smallest absolute Gasteiger partial charge is 0.305 e. The number of carbonyl (C=O) groups is 1. The van der Waals surface area contributed by atoms with E-state index in [4.69, 9.17) is 0 Å². The van der Waals surface area contributed by atoms with Crippen LogP contribution in [0.25, 0.3) is 5.70 Å². The molecule has 0 spiro atoms. The summed E-state index contributed by atoms with van der Waals surface area (Å²) in [5.41, 5.74) is 5.08. The topological polar surface area (TPSA) is 84.5 Å². The Morgan fingerprint density at radius 1 is 1.08 bits per heavy atom. The number of methoxy groups -OCH3 is 1. The molecule has 7 heteroatoms. The fourth-order valence-corrected chi connectivity index (χ4v) is 3.05. The van der Waals surface area contributed by atoms with Crippen molar-refractivity contribution in [3.8, 4) is 0 Å². The quantitative estimate of drug-likeness (QED) is 0.548. The Morgan fingerprint density at radius 2 is 1.73 bits per heavy atom. The van der Waals surface area contributed by atoms with Gasteiger partial charge < -0.3 is 10.2 Å². The van der Waals surface area contributed by atoms with Crippen molar-refractivity contribution >= 4 is 21.7 Å². The van der Waals surface area contributed by atoms with E-state index in [-0.39, 0.29) is 17.3 Å². The van der Waals surface area contributed by atoms with Gasteiger partial charge in [0.2, 0.25) is 0 Å². The molecule has 0 radical (unpaired) electrons. The number of esters is 1. The van der Waals surface area contributed by atoms with E-state index in [1.54, 1.807) is 30.3 Å². The van der Waals surface area contributed by atoms with Gasteiger partial charge in [0.15, 0.2) is 0 Å². The van der Waals surface area contributed by atoms with E-state index < -0.39 is 10.0 Å². The second-order valence-corrected chi connectivity index (χ2v) is 7.32. The van der Waals surface area contributed by atoms with Crippen LogP contribution in [-0.4, -0.2) is 21.5 Å². The Kier molecular flexibility index (Phi) is 6.94. The van der Waals surface area contributed by atoms with Crippen molar-refractivity contribution in [1.82, 2.24) is 10.3 Å². The Hall–Kier alpha value is -2.64. The minimum Gasteiger partial charge on any atom is -0.469 e. The minimum absolute atomic E-state index is 0.164. The Morgan fingerprint density at radius 3 is 2.35 bits per heavy atom. The summed E-state index contributed by atoms with van der Waals surface area (Å²) in [6.45, 7) is 1.89. The van der Waals surface area contributed by atoms with E-state index in [1.807, 2.05) is 37.3 Å². The second kappa shape index (κ2) is 9.17. The monoisotopic (exact) mass is 374 g/mol. The molecule has 0 aliphatic carbocycles. The summed E-state index contributed by atoms with van der Waals surface area (Å²) < 4.78 is 29.5. The lowest BCUT2D eigenvalue weighted by molar-refractivity contribution is -0.140. The van der Waals surface area contributed by atoms with Crippen LogP contribution in [0.15, 0.2) is 65.6 Å². The Bertz CT molecular complexity index is 860. The summed E-state index contributed by atoms with van der Waals surface area (Å²) in [6, 6.07) is 15.8. The molecule has 0 atom stereocenters. The predicted octanol–water partition coefficient (Wildman–Crippen LogP) is 2.77. The lowest BCUT2D eigenvalue weighted by Crippen LogP contribution is -2.36. The van der Waals surface area contributed by atoms with E-state index in [0.29, 0.717) is 12.1 Å². The van der Waals surface area contributed by atoms with E-state index >= 15 is 0 Å². The third-order valence-electron chi connectivity index (χ3n) is 3.66. The number of hydrazine groups is 1. The average molecular weight is 374 g/mol. The zero-order valence-corrected chi connectivity index (χ0v) is 15.5. The number of ether oxygens (including phenoxy) is 1. The van der Waals surface area contributed by atoms with Crippen molar-refractivity contribution in [3.63, 3.8) is 0 Å². The second-order valence-electron chi connectivity index (χ2n) is 5.64. The molecule has 138 valence electrons. The number of hydrogen-bond acceptors (Lipinski definition) is 5. The van der Waals surface area contributed by atoms with E-state index in [9.17, 15) is 13.2 Å². The van der Waals surface area contributed by atoms with Crippen LogP contribution in [0.4, 0.5) is 0 Å². The minimum atomic E-state index is -3.72. The summed E-state index contributed by atoms with van der Waals surface area (Å²) >= 11 is 0. The molecule has 0 amide bonds. The van der Waals surface area contributed by atoms with Crippen molar-refractivity contribution in [3.05, 3.63) is 71.8 Å². The molecule has 0 fully saturated rings. The highest BCUT2D eigenvalue weighted by Crippen LogP contribution is 2.14. The van der Waals surface area contributed by atoms with E-state index in [1.165, 1.54) is 7.11 Å². The van der Waals surface area contributed by atoms with Gasteiger partial charge in [0.1, 0.15) is 0 Å². The van der Waals surface area contributed by atoms with Gasteiger partial charge in [0.25, 0.3) is 10.0 Å². The Balaban J connectivity index is 2.14. The lowest BCUT2D eigenvalue weighted by atomic mass is 10.1. The lowest BCUT2D eigenvalue weighted by Gasteiger charge is -2.13. The summed E-state index contributed by atoms with van der Waals surface area (Å²) in [5.74, 6) is -0.325. The Labute approximate surface area is 153 Å². The predicted molar refractivity (Wildman–Crippen MR) is 100 cm³/mol. The first-order valence-electron chi connectivity index (χ1n) is 8.09. The zero-order valence-electron chi connectivity index (χ0n) is 14.7. The number of sulfonamides is 1. The third-order valence-corrected chi connectivity index (χ3v) is 4.92. The van der Waals surface area contributed by atoms with Crippen molar-refractivity contribution in [2.45, 2.75) is 24.7 Å². The first-order valence-corrected chi connectivity index (χ1v) is 9.57. The number of nitrogens with one attached hydrogen (secondary N) is 2. The van der Waals surface area contributed by atoms with Crippen LogP contribution in [0.1, 0.15) is 24.0 Å². The van der Waals surface area contributed by atoms with Crippen LogP contribution in [0.2, 0.25) is 0 Å². The first kappa shape index (κ1) is 19.7. The highest BCUT2D eigenvalue weighted by molar-refractivity contribution is 7.89. The normalized spacial score (nSPS) is 11.8. The molecule has 0 unspecified atom stereocenters. The molecule has 2 aromatic carbocycles. The van der Waals surface area contributed by atoms with Gasteiger partial charge in [-0.25, -0.2) is 8.42 Å². The highest BCUT2D eigenvalue weighted by Gasteiger charge is 2.14. The van der Waals surface area contributed by atoms with Gasteiger partial charge in [-0.05, 0) is 31.0 Å². The molecule has 0 aliphatic rings. The molecule has 0 saturated heterocycles. The molecule has 6 nitrogen and oxygen atoms in total. The molecule has 0 saturated carbocycles. The number of rotatable bonds is 8. The molecule has 0 aliphatic heterocycles. The standard InChI is InChI=1S/C19H22N2O4S/c1-15-11-13-17(14-12-15)26(23,24)21-20-18(9-6-10-19(22)25-2)16-7-4-3-5-8-16/h3-5,7-9,11-14,20-21H,6,10H2,1-2H3. The molecule has 2 N–H and O–H groups in total. The van der Waals surface area contributed by atoms with Crippen molar-refractivity contribution in [2.75, 3.05) is 7.11 Å². The SMILES string of the molecule is COC(=O)CCC=C(NNS(=O)(=O)c1ccc(C)cc1)c1ccccc1. The molecule has 2 aromatic rings. The van der Waals surface area contributed by atoms with Gasteiger partial charge >= 0.3 is 5.97 Å². The van der Waals surface area contributed by atoms with Crippen LogP contribution in [0.5, 0.6) is 0 Å². The molecule has 0 heterocycles. The maximum atomic E-state index is 12.4. The maximum absolute atomic E-state index is 12.4.